The second-order valence-corrected chi connectivity index (χ2v) is 11.8. The number of hydrogen-bond donors (Lipinski definition) is 3. The number of nitrogens with zero attached hydrogens (tertiary/aromatic N) is 2. The minimum atomic E-state index is -0.398. The van der Waals surface area contributed by atoms with Gasteiger partial charge in [-0.3, -0.25) is 0 Å². The molecule has 2 aliphatic carbocycles. The van der Waals surface area contributed by atoms with Crippen molar-refractivity contribution < 1.29 is 5.11 Å². The van der Waals surface area contributed by atoms with E-state index in [-0.39, 0.29) is 11.7 Å². The van der Waals surface area contributed by atoms with Crippen LogP contribution in [0.4, 0.5) is 5.69 Å². The molecule has 3 atom stereocenters. The van der Waals surface area contributed by atoms with Crippen molar-refractivity contribution in [3.63, 3.8) is 0 Å². The molecule has 4 aromatic rings. The Kier molecular flexibility index (Phi) is 7.63. The molecule has 0 radical (unpaired) electrons. The lowest BCUT2D eigenvalue weighted by Gasteiger charge is -2.32. The number of aromatic hydroxyl groups is 1. The molecular weight excluding hydrogens is 552 g/mol. The van der Waals surface area contributed by atoms with E-state index in [0.29, 0.717) is 11.5 Å². The van der Waals surface area contributed by atoms with Crippen molar-refractivity contribution in [2.24, 2.45) is 10.9 Å². The summed E-state index contributed by atoms with van der Waals surface area (Å²) in [5.74, 6) is 0.910. The molecule has 0 spiro atoms. The summed E-state index contributed by atoms with van der Waals surface area (Å²) in [7, 11) is 0. The van der Waals surface area contributed by atoms with E-state index in [2.05, 4.69) is 103 Å². The normalized spacial score (nSPS) is 20.2. The molecule has 3 unspecified atom stereocenters. The monoisotopic (exact) mass is 586 g/mol. The van der Waals surface area contributed by atoms with Crippen LogP contribution in [0.3, 0.4) is 0 Å². The van der Waals surface area contributed by atoms with E-state index < -0.39 is 6.29 Å². The maximum absolute atomic E-state index is 10.6. The highest BCUT2D eigenvalue weighted by Gasteiger charge is 2.27. The van der Waals surface area contributed by atoms with Crippen molar-refractivity contribution in [2.45, 2.75) is 32.0 Å². The Morgan fingerprint density at radius 1 is 0.867 bits per heavy atom. The van der Waals surface area contributed by atoms with Crippen molar-refractivity contribution in [3.8, 4) is 34.1 Å². The first-order valence-corrected chi connectivity index (χ1v) is 15.5. The lowest BCUT2D eigenvalue weighted by molar-refractivity contribution is 0.477. The van der Waals surface area contributed by atoms with Crippen molar-refractivity contribution in [1.82, 2.24) is 5.32 Å². The molecule has 4 aromatic carbocycles. The molecule has 1 heterocycles. The molecule has 5 nitrogen and oxygen atoms in total. The number of anilines is 1. The molecule has 7 rings (SSSR count). The van der Waals surface area contributed by atoms with Crippen molar-refractivity contribution in [3.05, 3.63) is 155 Å². The van der Waals surface area contributed by atoms with E-state index in [9.17, 15) is 10.4 Å². The third-order valence-electron chi connectivity index (χ3n) is 8.66. The van der Waals surface area contributed by atoms with Crippen LogP contribution in [0, 0.1) is 17.2 Å². The lowest BCUT2D eigenvalue weighted by Crippen LogP contribution is -2.41. The lowest BCUT2D eigenvalue weighted by atomic mass is 9.88. The van der Waals surface area contributed by atoms with E-state index in [4.69, 9.17) is 4.99 Å². The van der Waals surface area contributed by atoms with E-state index in [0.717, 1.165) is 63.3 Å². The molecule has 3 N–H and O–H groups in total. The maximum atomic E-state index is 10.6. The summed E-state index contributed by atoms with van der Waals surface area (Å²) in [6, 6.07) is 32.2. The first-order valence-electron chi connectivity index (χ1n) is 15.5. The highest BCUT2D eigenvalue weighted by atomic mass is 16.3. The third kappa shape index (κ3) is 5.83. The molecule has 0 saturated carbocycles. The smallest absolute Gasteiger partial charge is 0.194 e. The number of nitriles is 1. The maximum Gasteiger partial charge on any atom is 0.194 e. The first-order chi connectivity index (χ1) is 22.1. The highest BCUT2D eigenvalue weighted by molar-refractivity contribution is 6.16. The summed E-state index contributed by atoms with van der Waals surface area (Å²) in [5, 5.41) is 27.4. The van der Waals surface area contributed by atoms with Gasteiger partial charge in [0.25, 0.3) is 0 Å². The number of rotatable bonds is 6. The number of hydrogen-bond acceptors (Lipinski definition) is 5. The minimum absolute atomic E-state index is 0.236. The van der Waals surface area contributed by atoms with Crippen LogP contribution in [0.1, 0.15) is 42.4 Å². The van der Waals surface area contributed by atoms with Gasteiger partial charge in [-0.05, 0) is 65.3 Å². The zero-order valence-electron chi connectivity index (χ0n) is 25.1. The van der Waals surface area contributed by atoms with Gasteiger partial charge in [0.2, 0.25) is 0 Å². The van der Waals surface area contributed by atoms with Crippen molar-refractivity contribution >= 4 is 11.4 Å². The molecule has 0 bridgehead atoms. The number of fused-ring (bicyclic) bond motifs is 1. The summed E-state index contributed by atoms with van der Waals surface area (Å²) in [4.78, 5) is 5.26. The molecule has 5 heteroatoms. The topological polar surface area (TPSA) is 80.4 Å². The number of para-hydroxylation sites is 1. The van der Waals surface area contributed by atoms with Crippen molar-refractivity contribution in [2.75, 3.05) is 5.32 Å². The largest absolute Gasteiger partial charge is 0.507 e. The van der Waals surface area contributed by atoms with Crippen LogP contribution in [0.5, 0.6) is 5.75 Å². The molecule has 0 fully saturated rings. The Bertz CT molecular complexity index is 1950. The summed E-state index contributed by atoms with van der Waals surface area (Å²) in [6.07, 6.45) is 14.7. The molecule has 0 amide bonds. The Hall–Kier alpha value is -5.60. The van der Waals surface area contributed by atoms with Gasteiger partial charge in [0.1, 0.15) is 5.75 Å². The molecule has 3 aliphatic rings. The van der Waals surface area contributed by atoms with Gasteiger partial charge in [-0.1, -0.05) is 110 Å². The SMILES string of the molecule is CC1C=C2C(=CC1)NC(Nc1cc(-c3ccccc3O)ccc1C1C=CC=CC1)N=C2c1ccc(-c2cccc(C#N)c2)cc1. The van der Waals surface area contributed by atoms with Crippen molar-refractivity contribution in [1.29, 1.82) is 5.26 Å². The van der Waals surface area contributed by atoms with Gasteiger partial charge in [-0.15, -0.1) is 0 Å². The van der Waals surface area contributed by atoms with Crippen LogP contribution in [0.2, 0.25) is 0 Å². The third-order valence-corrected chi connectivity index (χ3v) is 8.66. The molecule has 0 saturated heterocycles. The minimum Gasteiger partial charge on any atom is -0.507 e. The molecule has 220 valence electrons. The quantitative estimate of drug-likeness (QED) is 0.211. The number of phenolic OH excluding ortho intramolecular Hbond substituents is 1. The average Bonchev–Trinajstić information content (AvgIpc) is 3.09. The Labute approximate surface area is 264 Å². The Balaban J connectivity index is 1.27. The van der Waals surface area contributed by atoms with Gasteiger partial charge in [0, 0.05) is 34.0 Å². The summed E-state index contributed by atoms with van der Waals surface area (Å²) >= 11 is 0. The molecule has 1 aliphatic heterocycles. The zero-order valence-corrected chi connectivity index (χ0v) is 25.1. The second kappa shape index (κ2) is 12.2. The van der Waals surface area contributed by atoms with Crippen LogP contribution in [-0.2, 0) is 0 Å². The van der Waals surface area contributed by atoms with E-state index in [1.807, 2.05) is 42.5 Å². The predicted molar refractivity (Wildman–Crippen MR) is 183 cm³/mol. The van der Waals surface area contributed by atoms with Crippen LogP contribution in [0.15, 0.2) is 144 Å². The number of benzene rings is 4. The number of phenols is 1. The summed E-state index contributed by atoms with van der Waals surface area (Å²) in [6.45, 7) is 2.23. The summed E-state index contributed by atoms with van der Waals surface area (Å²) in [5.41, 5.74) is 10.8. The van der Waals surface area contributed by atoms with E-state index in [1.54, 1.807) is 6.07 Å². The Morgan fingerprint density at radius 2 is 1.69 bits per heavy atom. The van der Waals surface area contributed by atoms with E-state index >= 15 is 0 Å². The van der Waals surface area contributed by atoms with Gasteiger partial charge in [0.15, 0.2) is 6.29 Å². The zero-order chi connectivity index (χ0) is 30.8. The van der Waals surface area contributed by atoms with Gasteiger partial charge in [-0.2, -0.15) is 5.26 Å². The standard InChI is InChI=1S/C40H34N4O/c1-26-14-21-36-35(22-26)39(30-17-15-28(16-18-30)31-11-7-8-27(23-31)25-41)44-40(42-36)43-37-24-32(34-12-5-6-13-38(34)45)19-20-33(37)29-9-3-2-4-10-29/h2-9,11-13,15-24,26,29,40,42-43,45H,10,14H2,1H3. The fraction of sp³-hybridized carbons (Fsp3) is 0.150. The first kappa shape index (κ1) is 28.2. The van der Waals surface area contributed by atoms with Crippen LogP contribution in [0.25, 0.3) is 22.3 Å². The molecule has 0 aromatic heterocycles. The Morgan fingerprint density at radius 3 is 2.49 bits per heavy atom. The van der Waals surface area contributed by atoms with Crippen LogP contribution < -0.4 is 10.6 Å². The van der Waals surface area contributed by atoms with Crippen LogP contribution >= 0.6 is 0 Å². The van der Waals surface area contributed by atoms with Gasteiger partial charge in [-0.25, -0.2) is 4.99 Å². The van der Waals surface area contributed by atoms with Crippen LogP contribution in [-0.4, -0.2) is 17.1 Å². The predicted octanol–water partition coefficient (Wildman–Crippen LogP) is 8.84. The van der Waals surface area contributed by atoms with E-state index in [1.165, 1.54) is 5.56 Å². The van der Waals surface area contributed by atoms with Gasteiger partial charge < -0.3 is 15.7 Å². The summed E-state index contributed by atoms with van der Waals surface area (Å²) < 4.78 is 0. The number of nitrogens with one attached hydrogen (secondary N) is 2. The second-order valence-electron chi connectivity index (χ2n) is 11.8. The average molecular weight is 587 g/mol. The highest BCUT2D eigenvalue weighted by Crippen LogP contribution is 2.38. The molecule has 45 heavy (non-hydrogen) atoms. The number of allylic oxidation sites excluding steroid dienone is 7. The fourth-order valence-corrected chi connectivity index (χ4v) is 6.31. The fourth-order valence-electron chi connectivity index (χ4n) is 6.31. The number of aliphatic imine (C=N–C) groups is 1. The van der Waals surface area contributed by atoms with Gasteiger partial charge >= 0.3 is 0 Å². The van der Waals surface area contributed by atoms with Gasteiger partial charge in [0.05, 0.1) is 17.3 Å². The molecular formula is C40H34N4O.